The minimum absolute atomic E-state index is 0.0287. The van der Waals surface area contributed by atoms with E-state index >= 15 is 0 Å². The van der Waals surface area contributed by atoms with Gasteiger partial charge in [0.15, 0.2) is 14.2 Å². The molecule has 0 aliphatic carbocycles. The number of aromatic nitrogens is 2. The number of nitrogens with one attached hydrogen (secondary N) is 1. The molecule has 1 aliphatic heterocycles. The lowest BCUT2D eigenvalue weighted by atomic mass is 10.1. The van der Waals surface area contributed by atoms with Gasteiger partial charge in [-0.2, -0.15) is 0 Å². The van der Waals surface area contributed by atoms with E-state index in [1.807, 2.05) is 0 Å². The Hall–Kier alpha value is -1.20. The number of aliphatic carboxylic acids is 1. The maximum absolute atomic E-state index is 11.8. The first kappa shape index (κ1) is 15.2. The lowest BCUT2D eigenvalue weighted by Crippen LogP contribution is -2.23. The summed E-state index contributed by atoms with van der Waals surface area (Å²) in [7, 11) is -3.11. The van der Waals surface area contributed by atoms with Gasteiger partial charge in [-0.05, 0) is 6.42 Å². The number of carboxylic acids is 1. The van der Waals surface area contributed by atoms with Gasteiger partial charge >= 0.3 is 5.97 Å². The van der Waals surface area contributed by atoms with E-state index in [0.717, 1.165) is 23.1 Å². The first-order valence-corrected chi connectivity index (χ1v) is 9.17. The second kappa shape index (κ2) is 6.06. The smallest absolute Gasteiger partial charge is 0.313 e. The Morgan fingerprint density at radius 1 is 1.45 bits per heavy atom. The van der Waals surface area contributed by atoms with Crippen LogP contribution in [-0.4, -0.2) is 52.9 Å². The Morgan fingerprint density at radius 2 is 2.20 bits per heavy atom. The summed E-state index contributed by atoms with van der Waals surface area (Å²) in [5, 5.41) is 18.7. The van der Waals surface area contributed by atoms with Gasteiger partial charge in [-0.25, -0.2) is 8.42 Å². The number of rotatable bonds is 5. The predicted molar refractivity (Wildman–Crippen MR) is 73.7 cm³/mol. The average molecular weight is 337 g/mol. The molecule has 1 unspecified atom stereocenters. The van der Waals surface area contributed by atoms with Gasteiger partial charge in [-0.1, -0.05) is 23.1 Å². The molecule has 0 saturated carbocycles. The summed E-state index contributed by atoms with van der Waals surface area (Å²) in [6.07, 6.45) is 0.313. The normalized spacial score (nSPS) is 20.7. The second-order valence-electron chi connectivity index (χ2n) is 4.14. The van der Waals surface area contributed by atoms with Crippen molar-refractivity contribution in [3.05, 3.63) is 0 Å². The van der Waals surface area contributed by atoms with Crippen molar-refractivity contribution in [2.24, 2.45) is 5.92 Å². The molecule has 2 rings (SSSR count). The van der Waals surface area contributed by atoms with Crippen LogP contribution in [0.1, 0.15) is 6.42 Å². The van der Waals surface area contributed by atoms with Gasteiger partial charge in [0.2, 0.25) is 11.0 Å². The van der Waals surface area contributed by atoms with E-state index in [1.165, 1.54) is 0 Å². The van der Waals surface area contributed by atoms with Crippen LogP contribution >= 0.6 is 23.1 Å². The van der Waals surface area contributed by atoms with Crippen LogP contribution in [0.3, 0.4) is 0 Å². The number of hydrogen-bond donors (Lipinski definition) is 2. The van der Waals surface area contributed by atoms with E-state index in [-0.39, 0.29) is 22.4 Å². The Bertz CT molecular complexity index is 627. The first-order valence-electron chi connectivity index (χ1n) is 5.55. The summed E-state index contributed by atoms with van der Waals surface area (Å²) >= 11 is 2.06. The highest BCUT2D eigenvalue weighted by molar-refractivity contribution is 8.01. The third kappa shape index (κ3) is 4.15. The fraction of sp³-hybridized carbons (Fsp3) is 0.556. The molecule has 20 heavy (non-hydrogen) atoms. The minimum Gasteiger partial charge on any atom is -0.481 e. The molecule has 1 amide bonds. The number of anilines is 1. The number of carbonyl (C=O) groups excluding carboxylic acids is 1. The van der Waals surface area contributed by atoms with Crippen LogP contribution in [0.4, 0.5) is 5.13 Å². The standard InChI is InChI=1S/C9H11N3O5S3/c13-6(14)3-18-9-12-11-8(19-9)10-7(15)5-1-2-20(16,17)4-5/h5H,1-4H2,(H,13,14)(H,10,11,15). The quantitative estimate of drug-likeness (QED) is 0.572. The van der Waals surface area contributed by atoms with Gasteiger partial charge in [0.05, 0.1) is 23.2 Å². The molecule has 0 aromatic carbocycles. The van der Waals surface area contributed by atoms with Gasteiger partial charge < -0.3 is 10.4 Å². The maximum atomic E-state index is 11.8. The summed E-state index contributed by atoms with van der Waals surface area (Å²) in [5.41, 5.74) is 0. The highest BCUT2D eigenvalue weighted by Crippen LogP contribution is 2.26. The van der Waals surface area contributed by atoms with Crippen molar-refractivity contribution in [1.82, 2.24) is 10.2 Å². The van der Waals surface area contributed by atoms with E-state index in [4.69, 9.17) is 5.11 Å². The highest BCUT2D eigenvalue weighted by Gasteiger charge is 2.33. The van der Waals surface area contributed by atoms with Crippen molar-refractivity contribution in [3.8, 4) is 0 Å². The van der Waals surface area contributed by atoms with Gasteiger partial charge in [0, 0.05) is 0 Å². The zero-order valence-corrected chi connectivity index (χ0v) is 12.6. The van der Waals surface area contributed by atoms with Crippen LogP contribution in [0.25, 0.3) is 0 Å². The van der Waals surface area contributed by atoms with E-state index in [9.17, 15) is 18.0 Å². The first-order chi connectivity index (χ1) is 9.35. The topological polar surface area (TPSA) is 126 Å². The Morgan fingerprint density at radius 3 is 2.80 bits per heavy atom. The fourth-order valence-electron chi connectivity index (χ4n) is 1.65. The number of nitrogens with zero attached hydrogens (tertiary/aromatic N) is 2. The van der Waals surface area contributed by atoms with Gasteiger partial charge in [0.1, 0.15) is 0 Å². The molecule has 1 atom stereocenters. The molecule has 8 nitrogen and oxygen atoms in total. The molecule has 0 bridgehead atoms. The zero-order chi connectivity index (χ0) is 14.8. The molecule has 110 valence electrons. The van der Waals surface area contributed by atoms with Gasteiger partial charge in [-0.15, -0.1) is 10.2 Å². The Kier molecular flexibility index (Phi) is 4.60. The number of sulfone groups is 1. The van der Waals surface area contributed by atoms with Crippen molar-refractivity contribution in [2.75, 3.05) is 22.6 Å². The molecule has 1 fully saturated rings. The third-order valence-corrected chi connectivity index (χ3v) is 6.28. The largest absolute Gasteiger partial charge is 0.481 e. The summed E-state index contributed by atoms with van der Waals surface area (Å²) in [5.74, 6) is -2.16. The predicted octanol–water partition coefficient (Wildman–Crippen LogP) is 0.0880. The van der Waals surface area contributed by atoms with Crippen molar-refractivity contribution in [2.45, 2.75) is 10.8 Å². The highest BCUT2D eigenvalue weighted by atomic mass is 32.2. The molecule has 1 aromatic heterocycles. The lowest BCUT2D eigenvalue weighted by molar-refractivity contribution is -0.133. The summed E-state index contributed by atoms with van der Waals surface area (Å²) in [4.78, 5) is 22.2. The monoisotopic (exact) mass is 337 g/mol. The number of hydrogen-bond acceptors (Lipinski definition) is 8. The molecular weight excluding hydrogens is 326 g/mol. The SMILES string of the molecule is O=C(O)CSc1nnc(NC(=O)C2CCS(=O)(=O)C2)s1. The fourth-order valence-corrected chi connectivity index (χ4v) is 4.87. The van der Waals surface area contributed by atoms with Crippen molar-refractivity contribution in [3.63, 3.8) is 0 Å². The van der Waals surface area contributed by atoms with Crippen LogP contribution in [0.2, 0.25) is 0 Å². The van der Waals surface area contributed by atoms with Crippen molar-refractivity contribution in [1.29, 1.82) is 0 Å². The molecule has 1 aromatic rings. The van der Waals surface area contributed by atoms with E-state index in [1.54, 1.807) is 0 Å². The van der Waals surface area contributed by atoms with E-state index in [2.05, 4.69) is 15.5 Å². The second-order valence-corrected chi connectivity index (χ2v) is 8.57. The van der Waals surface area contributed by atoms with E-state index < -0.39 is 27.6 Å². The van der Waals surface area contributed by atoms with Crippen molar-refractivity contribution >= 4 is 49.9 Å². The molecular formula is C9H11N3O5S3. The molecule has 0 spiro atoms. The number of carboxylic acid groups (broad SMARTS) is 1. The zero-order valence-electron chi connectivity index (χ0n) is 10.1. The maximum Gasteiger partial charge on any atom is 0.313 e. The molecule has 0 radical (unpaired) electrons. The molecule has 2 N–H and O–H groups in total. The number of carbonyl (C=O) groups is 2. The van der Waals surface area contributed by atoms with Gasteiger partial charge in [0.25, 0.3) is 0 Å². The number of thioether (sulfide) groups is 1. The van der Waals surface area contributed by atoms with E-state index in [0.29, 0.717) is 10.8 Å². The van der Waals surface area contributed by atoms with Crippen LogP contribution in [0, 0.1) is 5.92 Å². The van der Waals surface area contributed by atoms with Gasteiger partial charge in [-0.3, -0.25) is 9.59 Å². The molecule has 11 heteroatoms. The summed E-state index contributed by atoms with van der Waals surface area (Å²) in [6.45, 7) is 0. The van der Waals surface area contributed by atoms with Crippen molar-refractivity contribution < 1.29 is 23.1 Å². The molecule has 1 saturated heterocycles. The van der Waals surface area contributed by atoms with Crippen LogP contribution in [0.15, 0.2) is 4.34 Å². The summed E-state index contributed by atoms with van der Waals surface area (Å²) < 4.78 is 23.0. The summed E-state index contributed by atoms with van der Waals surface area (Å²) in [6, 6.07) is 0. The Labute approximate surface area is 122 Å². The Balaban J connectivity index is 1.90. The molecule has 1 aliphatic rings. The minimum atomic E-state index is -3.11. The molecule has 2 heterocycles. The van der Waals surface area contributed by atoms with Crippen LogP contribution in [-0.2, 0) is 19.4 Å². The number of amides is 1. The van der Waals surface area contributed by atoms with Crippen LogP contribution in [0.5, 0.6) is 0 Å². The average Bonchev–Trinajstić information content (AvgIpc) is 2.93. The van der Waals surface area contributed by atoms with Crippen LogP contribution < -0.4 is 5.32 Å². The third-order valence-electron chi connectivity index (χ3n) is 2.56. The lowest BCUT2D eigenvalue weighted by Gasteiger charge is -2.05.